The Morgan fingerprint density at radius 1 is 1.31 bits per heavy atom. The summed E-state index contributed by atoms with van der Waals surface area (Å²) >= 11 is 1.77. The molecule has 1 amide bonds. The van der Waals surface area contributed by atoms with Crippen molar-refractivity contribution in [3.63, 3.8) is 0 Å². The van der Waals surface area contributed by atoms with Gasteiger partial charge in [-0.3, -0.25) is 9.69 Å². The highest BCUT2D eigenvalue weighted by molar-refractivity contribution is 7.10. The first-order chi connectivity index (χ1) is 16.8. The van der Waals surface area contributed by atoms with Crippen LogP contribution >= 0.6 is 11.3 Å². The van der Waals surface area contributed by atoms with Gasteiger partial charge in [-0.2, -0.15) is 0 Å². The van der Waals surface area contributed by atoms with E-state index in [1.807, 2.05) is 17.0 Å². The maximum absolute atomic E-state index is 13.6. The minimum Gasteiger partial charge on any atom is -0.491 e. The molecule has 1 aliphatic heterocycles. The molecule has 35 heavy (non-hydrogen) atoms. The van der Waals surface area contributed by atoms with Gasteiger partial charge in [-0.05, 0) is 80.6 Å². The second-order valence-corrected chi connectivity index (χ2v) is 11.2. The molecular formula is C29H42N2O3S. The Morgan fingerprint density at radius 3 is 2.83 bits per heavy atom. The molecule has 5 nitrogen and oxygen atoms in total. The number of aryl methyl sites for hydroxylation is 2. The van der Waals surface area contributed by atoms with Gasteiger partial charge in [-0.15, -0.1) is 17.9 Å². The van der Waals surface area contributed by atoms with Gasteiger partial charge < -0.3 is 14.7 Å². The molecule has 0 fully saturated rings. The van der Waals surface area contributed by atoms with E-state index in [1.54, 1.807) is 11.3 Å². The van der Waals surface area contributed by atoms with Crippen molar-refractivity contribution in [1.29, 1.82) is 0 Å². The van der Waals surface area contributed by atoms with Crippen LogP contribution in [0.5, 0.6) is 5.75 Å². The van der Waals surface area contributed by atoms with E-state index in [0.29, 0.717) is 38.6 Å². The summed E-state index contributed by atoms with van der Waals surface area (Å²) in [5, 5.41) is 12.6. The van der Waals surface area contributed by atoms with Gasteiger partial charge in [-0.25, -0.2) is 0 Å². The SMILES string of the molecule is C=CCCC(O)CN(CCC(C)C)CC(=O)N1CCc2sccc2C1COc1ccc(C)cc1C. The molecule has 2 aromatic rings. The third-order valence-electron chi connectivity index (χ3n) is 6.70. The van der Waals surface area contributed by atoms with Gasteiger partial charge in [0.2, 0.25) is 5.91 Å². The molecule has 0 saturated carbocycles. The van der Waals surface area contributed by atoms with Crippen LogP contribution in [0.1, 0.15) is 60.7 Å². The zero-order chi connectivity index (χ0) is 25.4. The van der Waals surface area contributed by atoms with Crippen molar-refractivity contribution in [2.24, 2.45) is 5.92 Å². The van der Waals surface area contributed by atoms with Crippen molar-refractivity contribution in [1.82, 2.24) is 9.80 Å². The number of carbonyl (C=O) groups excluding carboxylic acids is 1. The molecule has 3 rings (SSSR count). The molecule has 1 N–H and O–H groups in total. The van der Waals surface area contributed by atoms with Crippen LogP contribution in [0.3, 0.4) is 0 Å². The Labute approximate surface area is 215 Å². The lowest BCUT2D eigenvalue weighted by Gasteiger charge is -2.37. The molecule has 2 heterocycles. The summed E-state index contributed by atoms with van der Waals surface area (Å²) in [6.07, 6.45) is 4.70. The molecule has 0 saturated heterocycles. The van der Waals surface area contributed by atoms with Gasteiger partial charge >= 0.3 is 0 Å². The average molecular weight is 499 g/mol. The Hall–Kier alpha value is -2.15. The van der Waals surface area contributed by atoms with Crippen molar-refractivity contribution < 1.29 is 14.6 Å². The van der Waals surface area contributed by atoms with E-state index in [2.05, 4.69) is 62.8 Å². The van der Waals surface area contributed by atoms with E-state index in [0.717, 1.165) is 37.1 Å². The van der Waals surface area contributed by atoms with Crippen LogP contribution in [0.4, 0.5) is 0 Å². The molecule has 1 aliphatic rings. The van der Waals surface area contributed by atoms with Gasteiger partial charge in [0.15, 0.2) is 0 Å². The van der Waals surface area contributed by atoms with Crippen LogP contribution in [0.2, 0.25) is 0 Å². The number of carbonyl (C=O) groups is 1. The highest BCUT2D eigenvalue weighted by Crippen LogP contribution is 2.34. The number of hydrogen-bond acceptors (Lipinski definition) is 5. The zero-order valence-electron chi connectivity index (χ0n) is 21.8. The molecule has 6 heteroatoms. The number of amides is 1. The maximum atomic E-state index is 13.6. The fourth-order valence-electron chi connectivity index (χ4n) is 4.66. The number of fused-ring (bicyclic) bond motifs is 1. The lowest BCUT2D eigenvalue weighted by Crippen LogP contribution is -2.48. The lowest BCUT2D eigenvalue weighted by molar-refractivity contribution is -0.136. The van der Waals surface area contributed by atoms with E-state index in [1.165, 1.54) is 16.0 Å². The third kappa shape index (κ3) is 7.92. The fourth-order valence-corrected chi connectivity index (χ4v) is 5.59. The monoisotopic (exact) mass is 498 g/mol. The second kappa shape index (κ2) is 13.2. The number of nitrogens with zero attached hydrogens (tertiary/aromatic N) is 2. The van der Waals surface area contributed by atoms with Crippen LogP contribution in [0.15, 0.2) is 42.3 Å². The van der Waals surface area contributed by atoms with Gasteiger partial charge in [0.1, 0.15) is 12.4 Å². The largest absolute Gasteiger partial charge is 0.491 e. The number of aliphatic hydroxyl groups excluding tert-OH is 1. The van der Waals surface area contributed by atoms with Gasteiger partial charge in [0, 0.05) is 18.0 Å². The molecule has 0 radical (unpaired) electrons. The molecule has 1 aromatic carbocycles. The summed E-state index contributed by atoms with van der Waals surface area (Å²) in [5.41, 5.74) is 3.53. The fraction of sp³-hybridized carbons (Fsp3) is 0.552. The molecule has 0 spiro atoms. The predicted molar refractivity (Wildman–Crippen MR) is 145 cm³/mol. The van der Waals surface area contributed by atoms with Crippen LogP contribution in [0, 0.1) is 19.8 Å². The summed E-state index contributed by atoms with van der Waals surface area (Å²) < 4.78 is 6.28. The third-order valence-corrected chi connectivity index (χ3v) is 7.69. The van der Waals surface area contributed by atoms with E-state index in [-0.39, 0.29) is 11.9 Å². The number of allylic oxidation sites excluding steroid dienone is 1. The summed E-state index contributed by atoms with van der Waals surface area (Å²) in [5.74, 6) is 1.52. The normalized spacial score (nSPS) is 16.4. The summed E-state index contributed by atoms with van der Waals surface area (Å²) in [7, 11) is 0. The Kier molecular flexibility index (Phi) is 10.4. The zero-order valence-corrected chi connectivity index (χ0v) is 22.7. The first kappa shape index (κ1) is 27.4. The Balaban J connectivity index is 1.73. The Morgan fingerprint density at radius 2 is 2.11 bits per heavy atom. The van der Waals surface area contributed by atoms with Crippen LogP contribution in [0.25, 0.3) is 0 Å². The van der Waals surface area contributed by atoms with Crippen LogP contribution in [-0.2, 0) is 11.2 Å². The predicted octanol–water partition coefficient (Wildman–Crippen LogP) is 5.54. The van der Waals surface area contributed by atoms with Crippen LogP contribution < -0.4 is 4.74 Å². The van der Waals surface area contributed by atoms with Crippen LogP contribution in [-0.4, -0.2) is 59.7 Å². The van der Waals surface area contributed by atoms with Crippen molar-refractivity contribution in [2.75, 3.05) is 32.8 Å². The number of aliphatic hydroxyl groups is 1. The molecule has 2 atom stereocenters. The highest BCUT2D eigenvalue weighted by atomic mass is 32.1. The number of thiophene rings is 1. The topological polar surface area (TPSA) is 53.0 Å². The van der Waals surface area contributed by atoms with Crippen molar-refractivity contribution in [3.05, 3.63) is 63.9 Å². The first-order valence-corrected chi connectivity index (χ1v) is 13.7. The summed E-state index contributed by atoms with van der Waals surface area (Å²) in [6, 6.07) is 8.25. The molecule has 1 aromatic heterocycles. The maximum Gasteiger partial charge on any atom is 0.237 e. The minimum atomic E-state index is -0.457. The van der Waals surface area contributed by atoms with E-state index in [9.17, 15) is 9.90 Å². The average Bonchev–Trinajstić information content (AvgIpc) is 3.29. The second-order valence-electron chi connectivity index (χ2n) is 10.2. The number of rotatable bonds is 13. The highest BCUT2D eigenvalue weighted by Gasteiger charge is 2.33. The lowest BCUT2D eigenvalue weighted by atomic mass is 10.00. The number of ether oxygens (including phenoxy) is 1. The number of benzene rings is 1. The number of hydrogen-bond donors (Lipinski definition) is 1. The van der Waals surface area contributed by atoms with Gasteiger partial charge in [-0.1, -0.05) is 37.6 Å². The van der Waals surface area contributed by atoms with Gasteiger partial charge in [0.05, 0.1) is 18.7 Å². The summed E-state index contributed by atoms with van der Waals surface area (Å²) in [4.78, 5) is 19.1. The minimum absolute atomic E-state index is 0.101. The first-order valence-electron chi connectivity index (χ1n) is 12.9. The van der Waals surface area contributed by atoms with Crippen molar-refractivity contribution >= 4 is 17.2 Å². The molecular weight excluding hydrogens is 456 g/mol. The van der Waals surface area contributed by atoms with Gasteiger partial charge in [0.25, 0.3) is 0 Å². The summed E-state index contributed by atoms with van der Waals surface area (Å²) in [6.45, 7) is 15.0. The quantitative estimate of drug-likeness (QED) is 0.368. The molecule has 2 unspecified atom stereocenters. The Bertz CT molecular complexity index is 971. The van der Waals surface area contributed by atoms with Crippen molar-refractivity contribution in [2.45, 2.75) is 65.5 Å². The standard InChI is InChI=1S/C29H42N2O3S/c1-6-7-8-24(32)18-30(14-11-21(2)3)19-29(33)31-15-12-28-25(13-16-35-28)26(31)20-34-27-10-9-22(4)17-23(27)5/h6,9-10,13,16-17,21,24,26,32H,1,7-8,11-12,14-15,18-20H2,2-5H3. The molecule has 0 bridgehead atoms. The van der Waals surface area contributed by atoms with E-state index < -0.39 is 6.10 Å². The molecule has 0 aliphatic carbocycles. The smallest absolute Gasteiger partial charge is 0.237 e. The molecule has 192 valence electrons. The van der Waals surface area contributed by atoms with Crippen molar-refractivity contribution in [3.8, 4) is 5.75 Å². The van der Waals surface area contributed by atoms with E-state index >= 15 is 0 Å². The van der Waals surface area contributed by atoms with E-state index in [4.69, 9.17) is 4.74 Å².